The van der Waals surface area contributed by atoms with Gasteiger partial charge in [-0.05, 0) is 44.7 Å². The van der Waals surface area contributed by atoms with Crippen molar-refractivity contribution in [3.05, 3.63) is 39.7 Å². The number of nitro benzene ring substituents is 1. The Morgan fingerprint density at radius 3 is 2.73 bits per heavy atom. The van der Waals surface area contributed by atoms with Crippen molar-refractivity contribution in [1.29, 1.82) is 0 Å². The molecule has 0 amide bonds. The molecule has 0 aliphatic carbocycles. The highest BCUT2D eigenvalue weighted by molar-refractivity contribution is 7.99. The summed E-state index contributed by atoms with van der Waals surface area (Å²) in [5.41, 5.74) is -0.0541. The van der Waals surface area contributed by atoms with Gasteiger partial charge in [0.05, 0.1) is 21.5 Å². The number of hydrogen-bond acceptors (Lipinski definition) is 7. The maximum atomic E-state index is 11.8. The van der Waals surface area contributed by atoms with Crippen LogP contribution in [0.1, 0.15) is 30.0 Å². The summed E-state index contributed by atoms with van der Waals surface area (Å²) in [6.07, 6.45) is -0.295. The Bertz CT molecular complexity index is 714. The molecule has 1 aromatic carbocycles. The van der Waals surface area contributed by atoms with Crippen LogP contribution in [0.5, 0.6) is 0 Å². The minimum Gasteiger partial charge on any atom is -0.459 e. The molecule has 116 valence electrons. The van der Waals surface area contributed by atoms with Crippen LogP contribution in [0.25, 0.3) is 0 Å². The summed E-state index contributed by atoms with van der Waals surface area (Å²) in [6.45, 7) is 5.15. The first-order valence-corrected chi connectivity index (χ1v) is 7.24. The predicted octanol–water partition coefficient (Wildman–Crippen LogP) is 2.74. The van der Waals surface area contributed by atoms with Gasteiger partial charge in [0.1, 0.15) is 5.82 Å². The minimum atomic E-state index is -0.594. The molecule has 1 aromatic heterocycles. The van der Waals surface area contributed by atoms with Crippen molar-refractivity contribution in [2.45, 2.75) is 36.9 Å². The lowest BCUT2D eigenvalue weighted by Gasteiger charge is -2.08. The number of ether oxygens (including phenoxy) is 1. The molecule has 2 aromatic rings. The van der Waals surface area contributed by atoms with E-state index in [1.54, 1.807) is 20.8 Å². The Labute approximate surface area is 130 Å². The quantitative estimate of drug-likeness (QED) is 0.511. The number of hydrogen-bond donors (Lipinski definition) is 1. The second-order valence-corrected chi connectivity index (χ2v) is 5.71. The van der Waals surface area contributed by atoms with Crippen LogP contribution in [0.4, 0.5) is 5.69 Å². The molecule has 0 atom stereocenters. The summed E-state index contributed by atoms with van der Waals surface area (Å²) < 4.78 is 5.03. The Morgan fingerprint density at radius 1 is 1.45 bits per heavy atom. The molecule has 2 rings (SSSR count). The molecule has 8 nitrogen and oxygen atoms in total. The Kier molecular flexibility index (Phi) is 4.76. The Hall–Kier alpha value is -2.42. The van der Waals surface area contributed by atoms with Crippen molar-refractivity contribution in [2.24, 2.45) is 0 Å². The van der Waals surface area contributed by atoms with Crippen LogP contribution in [0.2, 0.25) is 0 Å². The molecule has 0 fully saturated rings. The number of nitrogens with zero attached hydrogens (tertiary/aromatic N) is 3. The second kappa shape index (κ2) is 6.56. The van der Waals surface area contributed by atoms with E-state index in [0.717, 1.165) is 11.8 Å². The van der Waals surface area contributed by atoms with Crippen molar-refractivity contribution in [1.82, 2.24) is 15.2 Å². The molecule has 0 unspecified atom stereocenters. The SMILES string of the molecule is Cc1nc(Sc2ccc(C(=O)OC(C)C)cc2[N+](=O)[O-])n[nH]1. The van der Waals surface area contributed by atoms with Crippen LogP contribution in [-0.4, -0.2) is 32.2 Å². The van der Waals surface area contributed by atoms with Gasteiger partial charge in [-0.2, -0.15) is 0 Å². The number of aromatic amines is 1. The molecule has 1 N–H and O–H groups in total. The first kappa shape index (κ1) is 16.0. The van der Waals surface area contributed by atoms with Gasteiger partial charge in [-0.15, -0.1) is 5.10 Å². The van der Waals surface area contributed by atoms with E-state index in [9.17, 15) is 14.9 Å². The fraction of sp³-hybridized carbons (Fsp3) is 0.308. The molecule has 0 saturated carbocycles. The van der Waals surface area contributed by atoms with Crippen LogP contribution >= 0.6 is 11.8 Å². The molecule has 0 spiro atoms. The zero-order chi connectivity index (χ0) is 16.3. The van der Waals surface area contributed by atoms with Crippen LogP contribution in [0, 0.1) is 17.0 Å². The second-order valence-electron chi connectivity index (χ2n) is 4.70. The summed E-state index contributed by atoms with van der Waals surface area (Å²) in [4.78, 5) is 26.9. The first-order chi connectivity index (χ1) is 10.4. The third kappa shape index (κ3) is 3.82. The molecule has 9 heteroatoms. The van der Waals surface area contributed by atoms with Gasteiger partial charge in [0.2, 0.25) is 5.16 Å². The predicted molar refractivity (Wildman–Crippen MR) is 78.9 cm³/mol. The zero-order valence-corrected chi connectivity index (χ0v) is 13.0. The fourth-order valence-corrected chi connectivity index (χ4v) is 2.47. The standard InChI is InChI=1S/C13H14N4O4S/c1-7(2)21-12(18)9-4-5-11(10(6-9)17(19)20)22-13-14-8(3)15-16-13/h4-7H,1-3H3,(H,14,15,16). The zero-order valence-electron chi connectivity index (χ0n) is 12.2. The van der Waals surface area contributed by atoms with E-state index >= 15 is 0 Å². The van der Waals surface area contributed by atoms with E-state index in [-0.39, 0.29) is 17.4 Å². The highest BCUT2D eigenvalue weighted by Gasteiger charge is 2.20. The number of nitrogens with one attached hydrogen (secondary N) is 1. The fourth-order valence-electron chi connectivity index (χ4n) is 1.62. The highest BCUT2D eigenvalue weighted by atomic mass is 32.2. The van der Waals surface area contributed by atoms with Gasteiger partial charge in [0.15, 0.2) is 0 Å². The lowest BCUT2D eigenvalue weighted by molar-refractivity contribution is -0.387. The van der Waals surface area contributed by atoms with Crippen LogP contribution in [0.15, 0.2) is 28.3 Å². The van der Waals surface area contributed by atoms with Crippen molar-refractivity contribution in [3.63, 3.8) is 0 Å². The Morgan fingerprint density at radius 2 is 2.18 bits per heavy atom. The lowest BCUT2D eigenvalue weighted by Crippen LogP contribution is -2.11. The topological polar surface area (TPSA) is 111 Å². The van der Waals surface area contributed by atoms with E-state index < -0.39 is 10.9 Å². The Balaban J connectivity index is 2.31. The average molecular weight is 322 g/mol. The van der Waals surface area contributed by atoms with Crippen molar-refractivity contribution in [3.8, 4) is 0 Å². The van der Waals surface area contributed by atoms with Gasteiger partial charge in [0.25, 0.3) is 5.69 Å². The first-order valence-electron chi connectivity index (χ1n) is 6.43. The van der Waals surface area contributed by atoms with Crippen LogP contribution in [-0.2, 0) is 4.74 Å². The molecular formula is C13H14N4O4S. The summed E-state index contributed by atoms with van der Waals surface area (Å²) in [5, 5.41) is 18.2. The summed E-state index contributed by atoms with van der Waals surface area (Å²) in [5.74, 6) is 0.0191. The van der Waals surface area contributed by atoms with Gasteiger partial charge in [-0.25, -0.2) is 9.78 Å². The molecule has 0 bridgehead atoms. The number of aryl methyl sites for hydroxylation is 1. The smallest absolute Gasteiger partial charge is 0.338 e. The molecule has 0 radical (unpaired) electrons. The van der Waals surface area contributed by atoms with Crippen molar-refractivity contribution >= 4 is 23.4 Å². The average Bonchev–Trinajstić information content (AvgIpc) is 2.83. The molecule has 0 aliphatic rings. The maximum absolute atomic E-state index is 11.8. The molecule has 22 heavy (non-hydrogen) atoms. The summed E-state index contributed by atoms with van der Waals surface area (Å²) in [7, 11) is 0. The van der Waals surface area contributed by atoms with E-state index in [2.05, 4.69) is 15.2 Å². The maximum Gasteiger partial charge on any atom is 0.338 e. The minimum absolute atomic E-state index is 0.135. The number of aromatic nitrogens is 3. The van der Waals surface area contributed by atoms with Crippen molar-refractivity contribution in [2.75, 3.05) is 0 Å². The monoisotopic (exact) mass is 322 g/mol. The van der Waals surface area contributed by atoms with Gasteiger partial charge < -0.3 is 4.74 Å². The van der Waals surface area contributed by atoms with Gasteiger partial charge >= 0.3 is 5.97 Å². The number of carbonyl (C=O) groups is 1. The third-order valence-corrected chi connectivity index (χ3v) is 3.44. The summed E-state index contributed by atoms with van der Waals surface area (Å²) >= 11 is 1.05. The number of nitro groups is 1. The van der Waals surface area contributed by atoms with Gasteiger partial charge in [-0.3, -0.25) is 15.2 Å². The van der Waals surface area contributed by atoms with Gasteiger partial charge in [-0.1, -0.05) is 0 Å². The van der Waals surface area contributed by atoms with Crippen molar-refractivity contribution < 1.29 is 14.5 Å². The third-order valence-electron chi connectivity index (χ3n) is 2.51. The molecular weight excluding hydrogens is 308 g/mol. The number of rotatable bonds is 5. The number of esters is 1. The van der Waals surface area contributed by atoms with Crippen LogP contribution in [0.3, 0.4) is 0 Å². The lowest BCUT2D eigenvalue weighted by atomic mass is 10.2. The van der Waals surface area contributed by atoms with Gasteiger partial charge in [0, 0.05) is 6.07 Å². The normalized spacial score (nSPS) is 10.7. The largest absolute Gasteiger partial charge is 0.459 e. The molecule has 0 aliphatic heterocycles. The van der Waals surface area contributed by atoms with E-state index in [4.69, 9.17) is 4.74 Å². The number of benzene rings is 1. The molecule has 0 saturated heterocycles. The highest BCUT2D eigenvalue weighted by Crippen LogP contribution is 2.33. The molecule has 1 heterocycles. The number of H-pyrrole nitrogens is 1. The number of carbonyl (C=O) groups excluding carboxylic acids is 1. The van der Waals surface area contributed by atoms with Crippen LogP contribution < -0.4 is 0 Å². The summed E-state index contributed by atoms with van der Waals surface area (Å²) in [6, 6.07) is 4.18. The van der Waals surface area contributed by atoms with E-state index in [1.165, 1.54) is 18.2 Å². The van der Waals surface area contributed by atoms with E-state index in [1.807, 2.05) is 0 Å². The van der Waals surface area contributed by atoms with E-state index in [0.29, 0.717) is 15.9 Å².